The lowest BCUT2D eigenvalue weighted by Gasteiger charge is -2.08. The van der Waals surface area contributed by atoms with Crippen molar-refractivity contribution in [3.63, 3.8) is 0 Å². The first kappa shape index (κ1) is 23.6. The van der Waals surface area contributed by atoms with Crippen LogP contribution in [0.15, 0.2) is 36.5 Å². The molecule has 0 heterocycles. The lowest BCUT2D eigenvalue weighted by Crippen LogP contribution is -2.19. The van der Waals surface area contributed by atoms with Crippen molar-refractivity contribution >= 4 is 5.97 Å². The second-order valence-corrected chi connectivity index (χ2v) is 6.76. The maximum absolute atomic E-state index is 11.4. The van der Waals surface area contributed by atoms with E-state index in [4.69, 9.17) is 4.74 Å². The largest absolute Gasteiger partial charge is 0.461 e. The van der Waals surface area contributed by atoms with Crippen molar-refractivity contribution in [1.82, 2.24) is 4.90 Å². The first-order valence-corrected chi connectivity index (χ1v) is 9.98. The van der Waals surface area contributed by atoms with Crippen molar-refractivity contribution in [2.24, 2.45) is 0 Å². The van der Waals surface area contributed by atoms with Crippen LogP contribution in [0.5, 0.6) is 0 Å². The molecule has 0 aromatic heterocycles. The van der Waals surface area contributed by atoms with E-state index in [-0.39, 0.29) is 5.97 Å². The first-order valence-electron chi connectivity index (χ1n) is 9.98. The Bertz CT molecular complexity index is 383. The van der Waals surface area contributed by atoms with Crippen molar-refractivity contribution in [2.75, 3.05) is 27.2 Å². The van der Waals surface area contributed by atoms with E-state index in [0.717, 1.165) is 13.0 Å². The first-order chi connectivity index (χ1) is 12.2. The third kappa shape index (κ3) is 20.6. The van der Waals surface area contributed by atoms with Gasteiger partial charge in [0.05, 0.1) is 0 Å². The minimum atomic E-state index is -0.287. The fourth-order valence-electron chi connectivity index (χ4n) is 2.39. The molecule has 0 aliphatic carbocycles. The predicted molar refractivity (Wildman–Crippen MR) is 109 cm³/mol. The fourth-order valence-corrected chi connectivity index (χ4v) is 2.39. The zero-order chi connectivity index (χ0) is 18.6. The lowest BCUT2D eigenvalue weighted by atomic mass is 10.1. The molecule has 0 aliphatic heterocycles. The lowest BCUT2D eigenvalue weighted by molar-refractivity contribution is -0.138. The molecule has 0 radical (unpaired) electrons. The van der Waals surface area contributed by atoms with Crippen LogP contribution in [0.25, 0.3) is 0 Å². The number of rotatable bonds is 16. The van der Waals surface area contributed by atoms with Gasteiger partial charge in [0.2, 0.25) is 0 Å². The number of unbranched alkanes of at least 4 members (excludes halogenated alkanes) is 9. The van der Waals surface area contributed by atoms with E-state index in [9.17, 15) is 4.79 Å². The van der Waals surface area contributed by atoms with Gasteiger partial charge < -0.3 is 9.64 Å². The van der Waals surface area contributed by atoms with E-state index < -0.39 is 0 Å². The van der Waals surface area contributed by atoms with Crippen LogP contribution < -0.4 is 0 Å². The number of nitrogens with zero attached hydrogens (tertiary/aromatic N) is 1. The molecule has 0 aliphatic rings. The number of hydrogen-bond donors (Lipinski definition) is 0. The SMILES string of the molecule is CCCCCCCCCCCC=CC=CC=CC(=O)OCCN(C)C. The summed E-state index contributed by atoms with van der Waals surface area (Å²) in [7, 11) is 3.90. The molecular formula is C22H39NO2. The van der Waals surface area contributed by atoms with Crippen LogP contribution >= 0.6 is 0 Å². The number of carbonyl (C=O) groups is 1. The molecule has 0 bridgehead atoms. The molecule has 0 saturated carbocycles. The van der Waals surface area contributed by atoms with Crippen LogP contribution in [0.2, 0.25) is 0 Å². The van der Waals surface area contributed by atoms with E-state index in [2.05, 4.69) is 13.0 Å². The van der Waals surface area contributed by atoms with Gasteiger partial charge in [-0.1, -0.05) is 88.7 Å². The van der Waals surface area contributed by atoms with Crippen LogP contribution in [0.4, 0.5) is 0 Å². The number of allylic oxidation sites excluding steroid dienone is 5. The van der Waals surface area contributed by atoms with Crippen LogP contribution in [-0.4, -0.2) is 38.1 Å². The summed E-state index contributed by atoms with van der Waals surface area (Å²) in [4.78, 5) is 13.4. The molecule has 0 spiro atoms. The number of hydrogen-bond acceptors (Lipinski definition) is 3. The molecule has 3 nitrogen and oxygen atoms in total. The molecule has 144 valence electrons. The monoisotopic (exact) mass is 349 g/mol. The number of carbonyl (C=O) groups excluding carboxylic acids is 1. The number of likely N-dealkylation sites (N-methyl/N-ethyl adjacent to an activating group) is 1. The molecule has 0 rings (SSSR count). The predicted octanol–water partition coefficient (Wildman–Crippen LogP) is 5.68. The summed E-state index contributed by atoms with van der Waals surface area (Å²) in [6, 6.07) is 0. The number of ether oxygens (including phenoxy) is 1. The molecule has 0 atom stereocenters. The van der Waals surface area contributed by atoms with Gasteiger partial charge in [-0.15, -0.1) is 0 Å². The molecule has 3 heteroatoms. The molecule has 0 amide bonds. The molecule has 25 heavy (non-hydrogen) atoms. The van der Waals surface area contributed by atoms with Gasteiger partial charge in [0.15, 0.2) is 0 Å². The Kier molecular flexibility index (Phi) is 18.0. The summed E-state index contributed by atoms with van der Waals surface area (Å²) in [6.07, 6.45) is 24.7. The maximum atomic E-state index is 11.4. The van der Waals surface area contributed by atoms with Crippen LogP contribution in [0.1, 0.15) is 71.1 Å². The third-order valence-electron chi connectivity index (χ3n) is 3.96. The Hall–Kier alpha value is -1.35. The minimum Gasteiger partial charge on any atom is -0.461 e. The van der Waals surface area contributed by atoms with Crippen molar-refractivity contribution in [3.05, 3.63) is 36.5 Å². The van der Waals surface area contributed by atoms with Gasteiger partial charge in [-0.3, -0.25) is 0 Å². The van der Waals surface area contributed by atoms with Crippen molar-refractivity contribution in [2.45, 2.75) is 71.1 Å². The number of esters is 1. The zero-order valence-corrected chi connectivity index (χ0v) is 16.7. The average molecular weight is 350 g/mol. The van der Waals surface area contributed by atoms with Gasteiger partial charge in [0.1, 0.15) is 6.61 Å². The van der Waals surface area contributed by atoms with E-state index in [1.807, 2.05) is 37.2 Å². The summed E-state index contributed by atoms with van der Waals surface area (Å²) in [5, 5.41) is 0. The quantitative estimate of drug-likeness (QED) is 0.155. The highest BCUT2D eigenvalue weighted by atomic mass is 16.5. The van der Waals surface area contributed by atoms with Gasteiger partial charge in [0, 0.05) is 12.6 Å². The van der Waals surface area contributed by atoms with E-state index in [0.29, 0.717) is 6.61 Å². The summed E-state index contributed by atoms with van der Waals surface area (Å²) in [5.41, 5.74) is 0. The summed E-state index contributed by atoms with van der Waals surface area (Å²) >= 11 is 0. The van der Waals surface area contributed by atoms with E-state index >= 15 is 0 Å². The fraction of sp³-hybridized carbons (Fsp3) is 0.682. The van der Waals surface area contributed by atoms with Gasteiger partial charge in [-0.2, -0.15) is 0 Å². The van der Waals surface area contributed by atoms with Crippen LogP contribution in [-0.2, 0) is 9.53 Å². The minimum absolute atomic E-state index is 0.287. The van der Waals surface area contributed by atoms with E-state index in [1.165, 1.54) is 63.9 Å². The van der Waals surface area contributed by atoms with Crippen LogP contribution in [0.3, 0.4) is 0 Å². The Morgan fingerprint density at radius 1 is 0.840 bits per heavy atom. The molecule has 0 saturated heterocycles. The van der Waals surface area contributed by atoms with Gasteiger partial charge in [0.25, 0.3) is 0 Å². The highest BCUT2D eigenvalue weighted by Crippen LogP contribution is 2.10. The van der Waals surface area contributed by atoms with Crippen molar-refractivity contribution in [3.8, 4) is 0 Å². The third-order valence-corrected chi connectivity index (χ3v) is 3.96. The Labute approximate surface area is 155 Å². The van der Waals surface area contributed by atoms with E-state index in [1.54, 1.807) is 6.08 Å². The average Bonchev–Trinajstić information content (AvgIpc) is 2.58. The highest BCUT2D eigenvalue weighted by molar-refractivity contribution is 5.82. The molecule has 0 unspecified atom stereocenters. The van der Waals surface area contributed by atoms with Gasteiger partial charge >= 0.3 is 5.97 Å². The second kappa shape index (κ2) is 19.0. The normalized spacial score (nSPS) is 12.2. The Balaban J connectivity index is 3.45. The van der Waals surface area contributed by atoms with Gasteiger partial charge in [-0.05, 0) is 26.9 Å². The zero-order valence-electron chi connectivity index (χ0n) is 16.7. The standard InChI is InChI=1S/C22H39NO2/c1-4-5-6-7-8-9-10-11-12-13-14-15-16-17-18-19-22(24)25-21-20-23(2)3/h14-19H,4-13,20-21H2,1-3H3. The maximum Gasteiger partial charge on any atom is 0.330 e. The van der Waals surface area contributed by atoms with Gasteiger partial charge in [-0.25, -0.2) is 4.79 Å². The van der Waals surface area contributed by atoms with Crippen LogP contribution in [0, 0.1) is 0 Å². The summed E-state index contributed by atoms with van der Waals surface area (Å²) < 4.78 is 5.05. The second-order valence-electron chi connectivity index (χ2n) is 6.76. The highest BCUT2D eigenvalue weighted by Gasteiger charge is 1.96. The molecule has 0 aromatic carbocycles. The molecular weight excluding hydrogens is 310 g/mol. The Morgan fingerprint density at radius 3 is 2.08 bits per heavy atom. The summed E-state index contributed by atoms with van der Waals surface area (Å²) in [5.74, 6) is -0.287. The molecule has 0 N–H and O–H groups in total. The topological polar surface area (TPSA) is 29.5 Å². The summed E-state index contributed by atoms with van der Waals surface area (Å²) in [6.45, 7) is 3.44. The smallest absolute Gasteiger partial charge is 0.330 e. The van der Waals surface area contributed by atoms with Crippen molar-refractivity contribution < 1.29 is 9.53 Å². The van der Waals surface area contributed by atoms with Crippen molar-refractivity contribution in [1.29, 1.82) is 0 Å². The molecule has 0 fully saturated rings. The molecule has 0 aromatic rings. The Morgan fingerprint density at radius 2 is 1.44 bits per heavy atom.